The van der Waals surface area contributed by atoms with E-state index in [0.29, 0.717) is 19.0 Å². The monoisotopic (exact) mass is 451 g/mol. The number of nitrogens with one attached hydrogen (secondary N) is 2. The number of ether oxygens (including phenoxy) is 1. The van der Waals surface area contributed by atoms with Crippen LogP contribution in [0.5, 0.6) is 0 Å². The Labute approximate surface area is 196 Å². The summed E-state index contributed by atoms with van der Waals surface area (Å²) < 4.78 is 7.47. The zero-order valence-electron chi connectivity index (χ0n) is 18.9. The molecule has 5 aromatic rings. The lowest BCUT2D eigenvalue weighted by Crippen LogP contribution is -2.37. The van der Waals surface area contributed by atoms with Crippen LogP contribution in [0.3, 0.4) is 0 Å². The molecule has 1 fully saturated rings. The van der Waals surface area contributed by atoms with E-state index in [4.69, 9.17) is 14.8 Å². The predicted molar refractivity (Wildman–Crippen MR) is 136 cm³/mol. The van der Waals surface area contributed by atoms with Crippen LogP contribution in [-0.4, -0.2) is 52.1 Å². The maximum atomic E-state index is 5.56. The first kappa shape index (κ1) is 20.4. The van der Waals surface area contributed by atoms with Gasteiger partial charge in [0.2, 0.25) is 0 Å². The van der Waals surface area contributed by atoms with Gasteiger partial charge in [0.1, 0.15) is 5.82 Å². The summed E-state index contributed by atoms with van der Waals surface area (Å²) >= 11 is 0. The molecule has 6 rings (SSSR count). The van der Waals surface area contributed by atoms with Gasteiger partial charge in [0, 0.05) is 47.4 Å². The van der Waals surface area contributed by atoms with Crippen LogP contribution in [0.25, 0.3) is 27.8 Å². The van der Waals surface area contributed by atoms with Crippen LogP contribution in [-0.2, 0) is 4.74 Å². The summed E-state index contributed by atoms with van der Waals surface area (Å²) in [5.41, 5.74) is 9.06. The van der Waals surface area contributed by atoms with E-state index < -0.39 is 0 Å². The third kappa shape index (κ3) is 3.88. The summed E-state index contributed by atoms with van der Waals surface area (Å²) in [6.45, 7) is 5.04. The minimum atomic E-state index is 0.666. The number of aromatic amines is 1. The van der Waals surface area contributed by atoms with E-state index in [9.17, 15) is 0 Å². The van der Waals surface area contributed by atoms with Crippen molar-refractivity contribution >= 4 is 34.4 Å². The molecule has 0 aliphatic carbocycles. The highest BCUT2D eigenvalue weighted by atomic mass is 16.5. The predicted octanol–water partition coefficient (Wildman–Crippen LogP) is 4.47. The smallest absolute Gasteiger partial charge is 0.160 e. The minimum Gasteiger partial charge on any atom is -0.378 e. The fourth-order valence-electron chi connectivity index (χ4n) is 4.38. The standard InChI is InChI=1S/C26H25N7O/c1-18-14-20-8-5-9-21(26(20)28-18)17-27-30-23-16-25(32-10-12-34-13-11-32)33-24(29-23)15-22(31-33)19-6-3-2-4-7-19/h2-9,14-17,28H,10-13H2,1H3,(H,29,30). The second-order valence-corrected chi connectivity index (χ2v) is 8.40. The van der Waals surface area contributed by atoms with Crippen molar-refractivity contribution in [3.05, 3.63) is 78.0 Å². The maximum Gasteiger partial charge on any atom is 0.160 e. The highest BCUT2D eigenvalue weighted by molar-refractivity contribution is 5.98. The Kier molecular flexibility index (Phi) is 5.20. The van der Waals surface area contributed by atoms with Gasteiger partial charge in [-0.25, -0.2) is 4.98 Å². The van der Waals surface area contributed by atoms with E-state index >= 15 is 0 Å². The fraction of sp³-hybridized carbons (Fsp3) is 0.192. The summed E-state index contributed by atoms with van der Waals surface area (Å²) in [5, 5.41) is 10.5. The Morgan fingerprint density at radius 2 is 1.88 bits per heavy atom. The van der Waals surface area contributed by atoms with Crippen molar-refractivity contribution in [1.29, 1.82) is 0 Å². The van der Waals surface area contributed by atoms with Crippen molar-refractivity contribution in [2.45, 2.75) is 6.92 Å². The Balaban J connectivity index is 1.36. The topological polar surface area (TPSA) is 82.8 Å². The lowest BCUT2D eigenvalue weighted by molar-refractivity contribution is 0.122. The number of anilines is 2. The van der Waals surface area contributed by atoms with Gasteiger partial charge in [0.05, 0.1) is 30.6 Å². The molecule has 0 bridgehead atoms. The van der Waals surface area contributed by atoms with Crippen LogP contribution in [0.15, 0.2) is 71.8 Å². The number of aryl methyl sites for hydroxylation is 1. The summed E-state index contributed by atoms with van der Waals surface area (Å²) in [6.07, 6.45) is 1.82. The van der Waals surface area contributed by atoms with Crippen LogP contribution in [0.1, 0.15) is 11.3 Å². The molecule has 4 heterocycles. The maximum absolute atomic E-state index is 5.56. The minimum absolute atomic E-state index is 0.666. The summed E-state index contributed by atoms with van der Waals surface area (Å²) in [6, 6.07) is 22.5. The molecule has 0 radical (unpaired) electrons. The van der Waals surface area contributed by atoms with E-state index in [0.717, 1.165) is 52.6 Å². The number of hydrogen-bond donors (Lipinski definition) is 2. The number of aromatic nitrogens is 4. The number of H-pyrrole nitrogens is 1. The second-order valence-electron chi connectivity index (χ2n) is 8.40. The third-order valence-corrected chi connectivity index (χ3v) is 6.02. The Bertz CT molecular complexity index is 1480. The number of para-hydroxylation sites is 1. The molecule has 170 valence electrons. The first-order chi connectivity index (χ1) is 16.7. The quantitative estimate of drug-likeness (QED) is 0.304. The molecule has 8 heteroatoms. The molecule has 0 unspecified atom stereocenters. The molecule has 0 spiro atoms. The lowest BCUT2D eigenvalue weighted by Gasteiger charge is -2.29. The molecule has 0 atom stereocenters. The number of fused-ring (bicyclic) bond motifs is 2. The summed E-state index contributed by atoms with van der Waals surface area (Å²) in [4.78, 5) is 10.5. The van der Waals surface area contributed by atoms with Gasteiger partial charge in [-0.05, 0) is 13.0 Å². The van der Waals surface area contributed by atoms with E-state index in [1.165, 1.54) is 5.39 Å². The zero-order chi connectivity index (χ0) is 22.9. The number of hydrogen-bond acceptors (Lipinski definition) is 6. The third-order valence-electron chi connectivity index (χ3n) is 6.02. The largest absolute Gasteiger partial charge is 0.378 e. The van der Waals surface area contributed by atoms with Crippen LogP contribution in [0.2, 0.25) is 0 Å². The van der Waals surface area contributed by atoms with E-state index in [1.54, 1.807) is 0 Å². The highest BCUT2D eigenvalue weighted by Gasteiger charge is 2.18. The first-order valence-electron chi connectivity index (χ1n) is 11.4. The number of benzene rings is 2. The molecule has 0 saturated carbocycles. The van der Waals surface area contributed by atoms with E-state index in [2.05, 4.69) is 51.6 Å². The lowest BCUT2D eigenvalue weighted by atomic mass is 10.1. The van der Waals surface area contributed by atoms with Crippen LogP contribution >= 0.6 is 0 Å². The van der Waals surface area contributed by atoms with Gasteiger partial charge in [0.25, 0.3) is 0 Å². The number of hydrazone groups is 1. The molecule has 0 amide bonds. The summed E-state index contributed by atoms with van der Waals surface area (Å²) in [5.74, 6) is 1.63. The number of rotatable bonds is 5. The normalized spacial score (nSPS) is 14.4. The van der Waals surface area contributed by atoms with Gasteiger partial charge in [-0.1, -0.05) is 48.5 Å². The van der Waals surface area contributed by atoms with Gasteiger partial charge in [-0.15, -0.1) is 0 Å². The average Bonchev–Trinajstić information content (AvgIpc) is 3.48. The van der Waals surface area contributed by atoms with Crippen LogP contribution in [0.4, 0.5) is 11.6 Å². The van der Waals surface area contributed by atoms with E-state index in [1.807, 2.05) is 53.2 Å². The van der Waals surface area contributed by atoms with Gasteiger partial charge < -0.3 is 14.6 Å². The van der Waals surface area contributed by atoms with Crippen LogP contribution in [0, 0.1) is 6.92 Å². The average molecular weight is 452 g/mol. The van der Waals surface area contributed by atoms with Crippen LogP contribution < -0.4 is 10.3 Å². The fourth-order valence-corrected chi connectivity index (χ4v) is 4.38. The molecule has 1 aliphatic heterocycles. The second kappa shape index (κ2) is 8.64. The van der Waals surface area contributed by atoms with E-state index in [-0.39, 0.29) is 0 Å². The van der Waals surface area contributed by atoms with Gasteiger partial charge in [-0.3, -0.25) is 5.43 Å². The van der Waals surface area contributed by atoms with Crippen molar-refractivity contribution < 1.29 is 4.74 Å². The number of morpholine rings is 1. The van der Waals surface area contributed by atoms with Crippen molar-refractivity contribution in [3.63, 3.8) is 0 Å². The molecule has 2 aromatic carbocycles. The first-order valence-corrected chi connectivity index (χ1v) is 11.4. The molecule has 8 nitrogen and oxygen atoms in total. The molecular weight excluding hydrogens is 426 g/mol. The van der Waals surface area contributed by atoms with Gasteiger partial charge >= 0.3 is 0 Å². The molecule has 1 saturated heterocycles. The molecule has 1 aliphatic rings. The zero-order valence-corrected chi connectivity index (χ0v) is 18.9. The Morgan fingerprint density at radius 3 is 2.74 bits per heavy atom. The van der Waals surface area contributed by atoms with Gasteiger partial charge in [-0.2, -0.15) is 14.7 Å². The Morgan fingerprint density at radius 1 is 1.03 bits per heavy atom. The SMILES string of the molecule is Cc1cc2cccc(C=NNc3cc(N4CCOCC4)n4nc(-c5ccccc5)cc4n3)c2[nH]1. The number of nitrogens with zero attached hydrogens (tertiary/aromatic N) is 5. The van der Waals surface area contributed by atoms with Crippen molar-refractivity contribution in [1.82, 2.24) is 19.6 Å². The van der Waals surface area contributed by atoms with Crippen molar-refractivity contribution in [2.75, 3.05) is 36.6 Å². The molecular formula is C26H25N7O. The van der Waals surface area contributed by atoms with Crippen molar-refractivity contribution in [3.8, 4) is 11.3 Å². The highest BCUT2D eigenvalue weighted by Crippen LogP contribution is 2.26. The molecule has 2 N–H and O–H groups in total. The Hall–Kier alpha value is -4.17. The summed E-state index contributed by atoms with van der Waals surface area (Å²) in [7, 11) is 0. The molecule has 3 aromatic heterocycles. The van der Waals surface area contributed by atoms with Gasteiger partial charge in [0.15, 0.2) is 11.5 Å². The molecule has 34 heavy (non-hydrogen) atoms. The van der Waals surface area contributed by atoms with Crippen molar-refractivity contribution in [2.24, 2.45) is 5.10 Å².